The molecule has 3 rings (SSSR count). The van der Waals surface area contributed by atoms with Crippen LogP contribution in [0.1, 0.15) is 25.3 Å². The van der Waals surface area contributed by atoms with E-state index in [0.29, 0.717) is 30.8 Å². The van der Waals surface area contributed by atoms with Crippen LogP contribution in [0.2, 0.25) is 0 Å². The highest BCUT2D eigenvalue weighted by atomic mass is 32.2. The fourth-order valence-corrected chi connectivity index (χ4v) is 4.23. The standard InChI is InChI=1S/C17H23N5O4S/c1-2-26-17(23)14-6-11-21(12-7-14)27(24,25)20-13-15-5-3-8-18-16(15)22-10-4-9-19-22/h3-5,8-10,14,20H,2,6-7,11-13H2,1H3. The van der Waals surface area contributed by atoms with Gasteiger partial charge in [-0.15, -0.1) is 0 Å². The van der Waals surface area contributed by atoms with Gasteiger partial charge in [0, 0.05) is 43.8 Å². The van der Waals surface area contributed by atoms with E-state index in [1.165, 1.54) is 4.31 Å². The first-order chi connectivity index (χ1) is 13.0. The van der Waals surface area contributed by atoms with Gasteiger partial charge in [0.1, 0.15) is 0 Å². The number of aromatic nitrogens is 3. The second kappa shape index (κ2) is 8.59. The second-order valence-electron chi connectivity index (χ2n) is 6.19. The molecule has 146 valence electrons. The van der Waals surface area contributed by atoms with Crippen LogP contribution in [0.4, 0.5) is 0 Å². The lowest BCUT2D eigenvalue weighted by Crippen LogP contribution is -2.46. The Morgan fingerprint density at radius 2 is 2.07 bits per heavy atom. The van der Waals surface area contributed by atoms with E-state index >= 15 is 0 Å². The molecule has 1 fully saturated rings. The van der Waals surface area contributed by atoms with Crippen molar-refractivity contribution in [2.45, 2.75) is 26.3 Å². The quantitative estimate of drug-likeness (QED) is 0.700. The van der Waals surface area contributed by atoms with Crippen molar-refractivity contribution in [3.63, 3.8) is 0 Å². The Morgan fingerprint density at radius 3 is 2.74 bits per heavy atom. The molecule has 2 aromatic heterocycles. The number of carbonyl (C=O) groups is 1. The molecule has 0 aliphatic carbocycles. The van der Waals surface area contributed by atoms with E-state index in [1.54, 1.807) is 48.4 Å². The van der Waals surface area contributed by atoms with Crippen molar-refractivity contribution in [3.05, 3.63) is 42.4 Å². The average molecular weight is 393 g/mol. The summed E-state index contributed by atoms with van der Waals surface area (Å²) in [5.74, 6) is 0.0918. The van der Waals surface area contributed by atoms with Crippen LogP contribution in [0, 0.1) is 5.92 Å². The van der Waals surface area contributed by atoms with Crippen LogP contribution < -0.4 is 4.72 Å². The van der Waals surface area contributed by atoms with E-state index in [1.807, 2.05) is 0 Å². The Kier molecular flexibility index (Phi) is 6.19. The van der Waals surface area contributed by atoms with Gasteiger partial charge in [0.2, 0.25) is 0 Å². The molecule has 1 saturated heterocycles. The molecule has 0 radical (unpaired) electrons. The maximum absolute atomic E-state index is 12.6. The molecular weight excluding hydrogens is 370 g/mol. The minimum Gasteiger partial charge on any atom is -0.466 e. The number of nitrogens with zero attached hydrogens (tertiary/aromatic N) is 4. The number of pyridine rings is 1. The zero-order valence-corrected chi connectivity index (χ0v) is 15.9. The van der Waals surface area contributed by atoms with Crippen LogP contribution in [0.25, 0.3) is 5.82 Å². The summed E-state index contributed by atoms with van der Waals surface area (Å²) in [7, 11) is -3.65. The number of hydrogen-bond donors (Lipinski definition) is 1. The zero-order valence-electron chi connectivity index (χ0n) is 15.1. The number of carbonyl (C=O) groups excluding carboxylic acids is 1. The number of rotatable bonds is 7. The largest absolute Gasteiger partial charge is 0.466 e. The van der Waals surface area contributed by atoms with Gasteiger partial charge in [-0.2, -0.15) is 22.5 Å². The van der Waals surface area contributed by atoms with Gasteiger partial charge in [0.25, 0.3) is 10.2 Å². The first-order valence-corrected chi connectivity index (χ1v) is 10.3. The van der Waals surface area contributed by atoms with Gasteiger partial charge in [0.05, 0.1) is 12.5 Å². The molecule has 0 bridgehead atoms. The van der Waals surface area contributed by atoms with Gasteiger partial charge in [-0.1, -0.05) is 6.07 Å². The third kappa shape index (κ3) is 4.71. The topological polar surface area (TPSA) is 106 Å². The Morgan fingerprint density at radius 1 is 1.30 bits per heavy atom. The minimum atomic E-state index is -3.65. The molecular formula is C17H23N5O4S. The van der Waals surface area contributed by atoms with E-state index < -0.39 is 10.2 Å². The molecule has 0 aromatic carbocycles. The number of piperidine rings is 1. The number of ether oxygens (including phenoxy) is 1. The highest BCUT2D eigenvalue weighted by molar-refractivity contribution is 7.87. The SMILES string of the molecule is CCOC(=O)C1CCN(S(=O)(=O)NCc2cccnc2-n2cccn2)CC1. The minimum absolute atomic E-state index is 0.100. The van der Waals surface area contributed by atoms with Gasteiger partial charge in [-0.3, -0.25) is 4.79 Å². The van der Waals surface area contributed by atoms with Gasteiger partial charge < -0.3 is 4.74 Å². The predicted octanol–water partition coefficient (Wildman–Crippen LogP) is 0.877. The van der Waals surface area contributed by atoms with Crippen molar-refractivity contribution in [3.8, 4) is 5.82 Å². The summed E-state index contributed by atoms with van der Waals surface area (Å²) < 4.78 is 35.8. The third-order valence-electron chi connectivity index (χ3n) is 4.45. The summed E-state index contributed by atoms with van der Waals surface area (Å²) in [5, 5.41) is 4.14. The van der Waals surface area contributed by atoms with E-state index in [4.69, 9.17) is 4.74 Å². The summed E-state index contributed by atoms with van der Waals surface area (Å²) in [6, 6.07) is 5.33. The molecule has 9 nitrogen and oxygen atoms in total. The van der Waals surface area contributed by atoms with Crippen LogP contribution >= 0.6 is 0 Å². The lowest BCUT2D eigenvalue weighted by atomic mass is 9.98. The van der Waals surface area contributed by atoms with Crippen LogP contribution in [-0.2, 0) is 26.3 Å². The molecule has 0 saturated carbocycles. The van der Waals surface area contributed by atoms with Crippen molar-refractivity contribution >= 4 is 16.2 Å². The van der Waals surface area contributed by atoms with Crippen molar-refractivity contribution in [2.24, 2.45) is 5.92 Å². The van der Waals surface area contributed by atoms with E-state index in [0.717, 1.165) is 0 Å². The summed E-state index contributed by atoms with van der Waals surface area (Å²) in [6.45, 7) is 2.78. The molecule has 0 unspecified atom stereocenters. The lowest BCUT2D eigenvalue weighted by molar-refractivity contribution is -0.149. The average Bonchev–Trinajstić information content (AvgIpc) is 3.22. The fourth-order valence-electron chi connectivity index (χ4n) is 3.02. The van der Waals surface area contributed by atoms with Gasteiger partial charge in [-0.05, 0) is 31.9 Å². The summed E-state index contributed by atoms with van der Waals surface area (Å²) in [5.41, 5.74) is 0.714. The zero-order chi connectivity index (χ0) is 19.3. The van der Waals surface area contributed by atoms with Crippen LogP contribution in [0.15, 0.2) is 36.8 Å². The smallest absolute Gasteiger partial charge is 0.309 e. The van der Waals surface area contributed by atoms with E-state index in [9.17, 15) is 13.2 Å². The molecule has 0 atom stereocenters. The fraction of sp³-hybridized carbons (Fsp3) is 0.471. The number of hydrogen-bond acceptors (Lipinski definition) is 6. The summed E-state index contributed by atoms with van der Waals surface area (Å²) >= 11 is 0. The lowest BCUT2D eigenvalue weighted by Gasteiger charge is -2.30. The summed E-state index contributed by atoms with van der Waals surface area (Å²) in [4.78, 5) is 16.1. The van der Waals surface area contributed by atoms with E-state index in [2.05, 4.69) is 14.8 Å². The highest BCUT2D eigenvalue weighted by Crippen LogP contribution is 2.21. The van der Waals surface area contributed by atoms with Gasteiger partial charge in [-0.25, -0.2) is 9.67 Å². The normalized spacial score (nSPS) is 16.3. The first-order valence-electron chi connectivity index (χ1n) is 8.86. The molecule has 27 heavy (non-hydrogen) atoms. The maximum Gasteiger partial charge on any atom is 0.309 e. The summed E-state index contributed by atoms with van der Waals surface area (Å²) in [6.07, 6.45) is 5.95. The molecule has 2 aromatic rings. The van der Waals surface area contributed by atoms with E-state index in [-0.39, 0.29) is 31.5 Å². The molecule has 0 amide bonds. The molecule has 3 heterocycles. The molecule has 1 aliphatic rings. The van der Waals surface area contributed by atoms with Gasteiger partial charge in [0.15, 0.2) is 5.82 Å². The molecule has 10 heteroatoms. The number of nitrogens with one attached hydrogen (secondary N) is 1. The van der Waals surface area contributed by atoms with Crippen molar-refractivity contribution < 1.29 is 17.9 Å². The predicted molar refractivity (Wildman–Crippen MR) is 98.0 cm³/mol. The Hall–Kier alpha value is -2.30. The first kappa shape index (κ1) is 19.5. The third-order valence-corrected chi connectivity index (χ3v) is 6.00. The Balaban J connectivity index is 1.61. The number of esters is 1. The van der Waals surface area contributed by atoms with Crippen LogP contribution in [0.5, 0.6) is 0 Å². The molecule has 1 aliphatic heterocycles. The molecule has 0 spiro atoms. The van der Waals surface area contributed by atoms with Crippen LogP contribution in [-0.4, -0.2) is 53.2 Å². The Labute approximate surface area is 158 Å². The van der Waals surface area contributed by atoms with Crippen molar-refractivity contribution in [1.82, 2.24) is 23.8 Å². The van der Waals surface area contributed by atoms with Gasteiger partial charge >= 0.3 is 5.97 Å². The van der Waals surface area contributed by atoms with Crippen LogP contribution in [0.3, 0.4) is 0 Å². The maximum atomic E-state index is 12.6. The van der Waals surface area contributed by atoms with Crippen molar-refractivity contribution in [1.29, 1.82) is 0 Å². The molecule has 1 N–H and O–H groups in total. The van der Waals surface area contributed by atoms with Crippen molar-refractivity contribution in [2.75, 3.05) is 19.7 Å². The second-order valence-corrected chi connectivity index (χ2v) is 7.94. The monoisotopic (exact) mass is 393 g/mol. The highest BCUT2D eigenvalue weighted by Gasteiger charge is 2.31. The Bertz CT molecular complexity index is 861.